The molecule has 3 aromatic rings. The van der Waals surface area contributed by atoms with Crippen molar-refractivity contribution < 1.29 is 14.3 Å². The van der Waals surface area contributed by atoms with E-state index >= 15 is 0 Å². The third-order valence-corrected chi connectivity index (χ3v) is 5.17. The van der Waals surface area contributed by atoms with Crippen LogP contribution in [0.1, 0.15) is 31.9 Å². The number of hydrogen-bond acceptors (Lipinski definition) is 3. The molecule has 0 aliphatic carbocycles. The molecule has 5 nitrogen and oxygen atoms in total. The van der Waals surface area contributed by atoms with Gasteiger partial charge in [-0.15, -0.1) is 0 Å². The van der Waals surface area contributed by atoms with Gasteiger partial charge >= 0.3 is 0 Å². The average molecular weight is 419 g/mol. The molecule has 0 saturated heterocycles. The molecule has 0 aliphatic rings. The Bertz CT molecular complexity index is 1040. The fraction of sp³-hybridized carbons (Fsp3) is 0.308. The number of nitrogens with zero attached hydrogens (tertiary/aromatic N) is 1. The molecule has 0 aromatic heterocycles. The highest BCUT2D eigenvalue weighted by Gasteiger charge is 2.27. The number of benzene rings is 3. The van der Waals surface area contributed by atoms with E-state index in [0.717, 1.165) is 21.9 Å². The molecule has 0 bridgehead atoms. The Morgan fingerprint density at radius 1 is 0.935 bits per heavy atom. The van der Waals surface area contributed by atoms with Crippen LogP contribution in [-0.4, -0.2) is 35.4 Å². The first-order valence-electron chi connectivity index (χ1n) is 10.6. The van der Waals surface area contributed by atoms with Crippen LogP contribution in [0.3, 0.4) is 0 Å². The zero-order chi connectivity index (χ0) is 22.4. The smallest absolute Gasteiger partial charge is 0.261 e. The van der Waals surface area contributed by atoms with E-state index in [0.29, 0.717) is 12.3 Å². The lowest BCUT2D eigenvalue weighted by Crippen LogP contribution is -2.50. The first-order valence-corrected chi connectivity index (χ1v) is 10.6. The van der Waals surface area contributed by atoms with E-state index in [1.165, 1.54) is 0 Å². The Labute approximate surface area is 184 Å². The van der Waals surface area contributed by atoms with Crippen molar-refractivity contribution in [3.05, 3.63) is 77.9 Å². The Morgan fingerprint density at radius 2 is 1.61 bits per heavy atom. The van der Waals surface area contributed by atoms with Crippen LogP contribution in [-0.2, 0) is 16.1 Å². The molecule has 0 aliphatic heterocycles. The molecule has 3 rings (SSSR count). The lowest BCUT2D eigenvalue weighted by molar-refractivity contribution is -0.142. The van der Waals surface area contributed by atoms with Crippen molar-refractivity contribution in [2.24, 2.45) is 0 Å². The maximum atomic E-state index is 13.2. The van der Waals surface area contributed by atoms with Gasteiger partial charge in [0.25, 0.3) is 5.91 Å². The van der Waals surface area contributed by atoms with Crippen LogP contribution in [0.4, 0.5) is 0 Å². The third kappa shape index (κ3) is 5.85. The predicted octanol–water partition coefficient (Wildman–Crippen LogP) is 4.47. The molecular formula is C26H30N2O3. The Morgan fingerprint density at radius 3 is 2.32 bits per heavy atom. The molecule has 3 aromatic carbocycles. The summed E-state index contributed by atoms with van der Waals surface area (Å²) in [6.45, 7) is 7.77. The minimum absolute atomic E-state index is 0.00166. The van der Waals surface area contributed by atoms with Gasteiger partial charge in [-0.2, -0.15) is 0 Å². The molecule has 0 heterocycles. The normalized spacial score (nSPS) is 11.9. The van der Waals surface area contributed by atoms with E-state index in [-0.39, 0.29) is 24.5 Å². The quantitative estimate of drug-likeness (QED) is 0.587. The summed E-state index contributed by atoms with van der Waals surface area (Å²) >= 11 is 0. The highest BCUT2D eigenvalue weighted by molar-refractivity contribution is 5.90. The van der Waals surface area contributed by atoms with Crippen LogP contribution in [0.5, 0.6) is 5.75 Å². The van der Waals surface area contributed by atoms with E-state index in [2.05, 4.69) is 5.32 Å². The van der Waals surface area contributed by atoms with Gasteiger partial charge in [0.2, 0.25) is 5.91 Å². The summed E-state index contributed by atoms with van der Waals surface area (Å²) in [5.41, 5.74) is 2.11. The minimum atomic E-state index is -0.618. The first kappa shape index (κ1) is 22.3. The summed E-state index contributed by atoms with van der Waals surface area (Å²) in [5.74, 6) is 0.238. The summed E-state index contributed by atoms with van der Waals surface area (Å²) < 4.78 is 5.91. The summed E-state index contributed by atoms with van der Waals surface area (Å²) in [7, 11) is 0. The van der Waals surface area contributed by atoms with Crippen LogP contribution < -0.4 is 10.1 Å². The van der Waals surface area contributed by atoms with E-state index in [1.54, 1.807) is 11.8 Å². The van der Waals surface area contributed by atoms with Gasteiger partial charge in [-0.05, 0) is 44.7 Å². The fourth-order valence-electron chi connectivity index (χ4n) is 3.42. The van der Waals surface area contributed by atoms with Gasteiger partial charge in [0.1, 0.15) is 11.8 Å². The maximum Gasteiger partial charge on any atom is 0.261 e. The largest absolute Gasteiger partial charge is 0.483 e. The third-order valence-electron chi connectivity index (χ3n) is 5.17. The van der Waals surface area contributed by atoms with Crippen LogP contribution in [0.25, 0.3) is 10.8 Å². The van der Waals surface area contributed by atoms with Crippen LogP contribution in [0.2, 0.25) is 0 Å². The highest BCUT2D eigenvalue weighted by Crippen LogP contribution is 2.25. The van der Waals surface area contributed by atoms with Gasteiger partial charge < -0.3 is 15.0 Å². The van der Waals surface area contributed by atoms with Gasteiger partial charge in [-0.1, -0.05) is 66.2 Å². The van der Waals surface area contributed by atoms with Crippen molar-refractivity contribution in [1.82, 2.24) is 10.2 Å². The van der Waals surface area contributed by atoms with Crippen molar-refractivity contribution in [2.75, 3.05) is 6.61 Å². The summed E-state index contributed by atoms with van der Waals surface area (Å²) in [6, 6.07) is 21.0. The van der Waals surface area contributed by atoms with Crippen molar-refractivity contribution in [3.63, 3.8) is 0 Å². The van der Waals surface area contributed by atoms with Crippen molar-refractivity contribution in [3.8, 4) is 5.75 Å². The maximum absolute atomic E-state index is 13.2. The van der Waals surface area contributed by atoms with Crippen molar-refractivity contribution in [1.29, 1.82) is 0 Å². The Kier molecular flexibility index (Phi) is 7.29. The highest BCUT2D eigenvalue weighted by atomic mass is 16.5. The molecule has 1 N–H and O–H groups in total. The van der Waals surface area contributed by atoms with E-state index in [4.69, 9.17) is 4.74 Å². The monoisotopic (exact) mass is 418 g/mol. The van der Waals surface area contributed by atoms with Crippen LogP contribution in [0.15, 0.2) is 66.7 Å². The number of aryl methyl sites for hydroxylation is 1. The van der Waals surface area contributed by atoms with Crippen molar-refractivity contribution in [2.45, 2.75) is 46.3 Å². The number of ether oxygens (including phenoxy) is 1. The number of hydrogen-bond donors (Lipinski definition) is 1. The number of rotatable bonds is 8. The second-order valence-electron chi connectivity index (χ2n) is 8.11. The molecule has 2 amide bonds. The summed E-state index contributed by atoms with van der Waals surface area (Å²) in [4.78, 5) is 27.4. The average Bonchev–Trinajstić information content (AvgIpc) is 2.76. The Balaban J connectivity index is 1.78. The topological polar surface area (TPSA) is 58.6 Å². The molecule has 0 spiro atoms. The van der Waals surface area contributed by atoms with Gasteiger partial charge in [-0.25, -0.2) is 0 Å². The zero-order valence-electron chi connectivity index (χ0n) is 18.6. The van der Waals surface area contributed by atoms with Gasteiger partial charge in [0.15, 0.2) is 6.61 Å². The van der Waals surface area contributed by atoms with Gasteiger partial charge in [-0.3, -0.25) is 9.59 Å². The van der Waals surface area contributed by atoms with Crippen LogP contribution >= 0.6 is 0 Å². The van der Waals surface area contributed by atoms with E-state index in [9.17, 15) is 9.59 Å². The standard InChI is InChI=1S/C26H30N2O3/c1-18(2)27-26(30)20(4)28(16-21-14-12-19(3)13-15-21)25(29)17-31-24-11-7-9-22-8-5-6-10-23(22)24/h5-15,18,20H,16-17H2,1-4H3,(H,27,30)/t20-/m1/s1. The molecular weight excluding hydrogens is 388 g/mol. The van der Waals surface area contributed by atoms with E-state index in [1.807, 2.05) is 87.5 Å². The number of fused-ring (bicyclic) bond motifs is 1. The van der Waals surface area contributed by atoms with Crippen LogP contribution in [0, 0.1) is 6.92 Å². The van der Waals surface area contributed by atoms with Gasteiger partial charge in [0, 0.05) is 18.0 Å². The number of nitrogens with one attached hydrogen (secondary N) is 1. The molecule has 0 fully saturated rings. The number of carbonyl (C=O) groups excluding carboxylic acids is 2. The second-order valence-corrected chi connectivity index (χ2v) is 8.11. The molecule has 1 atom stereocenters. The molecule has 31 heavy (non-hydrogen) atoms. The number of carbonyl (C=O) groups is 2. The lowest BCUT2D eigenvalue weighted by Gasteiger charge is -2.29. The first-order chi connectivity index (χ1) is 14.8. The van der Waals surface area contributed by atoms with Crippen molar-refractivity contribution >= 4 is 22.6 Å². The molecule has 0 saturated carbocycles. The summed E-state index contributed by atoms with van der Waals surface area (Å²) in [5, 5.41) is 4.90. The predicted molar refractivity (Wildman–Crippen MR) is 124 cm³/mol. The lowest BCUT2D eigenvalue weighted by atomic mass is 10.1. The zero-order valence-corrected chi connectivity index (χ0v) is 18.6. The fourth-order valence-corrected chi connectivity index (χ4v) is 3.42. The Hall–Kier alpha value is -3.34. The molecule has 162 valence electrons. The van der Waals surface area contributed by atoms with Gasteiger partial charge in [0.05, 0.1) is 0 Å². The SMILES string of the molecule is Cc1ccc(CN(C(=O)COc2cccc3ccccc23)[C@H](C)C(=O)NC(C)C)cc1. The summed E-state index contributed by atoms with van der Waals surface area (Å²) in [6.07, 6.45) is 0. The molecule has 0 radical (unpaired) electrons. The minimum Gasteiger partial charge on any atom is -0.483 e. The molecule has 0 unspecified atom stereocenters. The molecule has 5 heteroatoms. The number of amides is 2. The second kappa shape index (κ2) is 10.1. The van der Waals surface area contributed by atoms with E-state index < -0.39 is 6.04 Å².